The van der Waals surface area contributed by atoms with Gasteiger partial charge in [0.2, 0.25) is 5.91 Å². The molecule has 0 unspecified atom stereocenters. The number of carbonyl (C=O) groups excluding carboxylic acids is 3. The summed E-state index contributed by atoms with van der Waals surface area (Å²) in [7, 11) is 0. The predicted octanol–water partition coefficient (Wildman–Crippen LogP) is 3.52. The highest BCUT2D eigenvalue weighted by Crippen LogP contribution is 2.26. The number of nitriles is 1. The molecule has 1 heterocycles. The number of nitrogens with zero attached hydrogens (tertiary/aromatic N) is 3. The van der Waals surface area contributed by atoms with Crippen molar-refractivity contribution < 1.29 is 14.4 Å². The second-order valence-corrected chi connectivity index (χ2v) is 7.49. The van der Waals surface area contributed by atoms with Gasteiger partial charge in [-0.3, -0.25) is 19.3 Å². The minimum absolute atomic E-state index is 0.0177. The van der Waals surface area contributed by atoms with Gasteiger partial charge in [-0.05, 0) is 35.9 Å². The van der Waals surface area contributed by atoms with Crippen molar-refractivity contribution >= 4 is 33.7 Å². The van der Waals surface area contributed by atoms with Gasteiger partial charge in [-0.15, -0.1) is 6.58 Å². The molecule has 2 aromatic carbocycles. The van der Waals surface area contributed by atoms with Gasteiger partial charge in [-0.25, -0.2) is 0 Å². The summed E-state index contributed by atoms with van der Waals surface area (Å²) < 4.78 is 0.718. The van der Waals surface area contributed by atoms with Crippen LogP contribution in [0.1, 0.15) is 38.3 Å². The smallest absolute Gasteiger partial charge is 0.261 e. The number of carbonyl (C=O) groups is 3. The monoisotopic (exact) mass is 451 g/mol. The minimum Gasteiger partial charge on any atom is -0.335 e. The third-order valence-electron chi connectivity index (χ3n) is 4.64. The van der Waals surface area contributed by atoms with Crippen molar-refractivity contribution in [2.24, 2.45) is 0 Å². The van der Waals surface area contributed by atoms with E-state index in [-0.39, 0.29) is 30.7 Å². The van der Waals surface area contributed by atoms with Crippen molar-refractivity contribution in [1.82, 2.24) is 9.80 Å². The van der Waals surface area contributed by atoms with Gasteiger partial charge < -0.3 is 4.90 Å². The summed E-state index contributed by atoms with van der Waals surface area (Å²) in [5.74, 6) is -0.957. The fourth-order valence-electron chi connectivity index (χ4n) is 3.15. The molecule has 0 N–H and O–H groups in total. The van der Waals surface area contributed by atoms with E-state index < -0.39 is 0 Å². The number of imide groups is 1. The fourth-order valence-corrected chi connectivity index (χ4v) is 3.51. The summed E-state index contributed by atoms with van der Waals surface area (Å²) >= 11 is 3.30. The first kappa shape index (κ1) is 20.5. The molecule has 0 spiro atoms. The summed E-state index contributed by atoms with van der Waals surface area (Å²) in [4.78, 5) is 40.5. The normalized spacial score (nSPS) is 12.5. The van der Waals surface area contributed by atoms with Gasteiger partial charge in [0.25, 0.3) is 11.8 Å². The number of hydrogen-bond donors (Lipinski definition) is 0. The third-order valence-corrected chi connectivity index (χ3v) is 5.13. The Hall–Kier alpha value is -3.24. The SMILES string of the molecule is C=CCN(Cc1ccc(C#N)cc1)C(=O)CCN1C(=O)c2ccc(Br)cc2C1=O. The van der Waals surface area contributed by atoms with Crippen molar-refractivity contribution in [3.8, 4) is 6.07 Å². The van der Waals surface area contributed by atoms with Gasteiger partial charge in [-0.2, -0.15) is 5.26 Å². The van der Waals surface area contributed by atoms with E-state index >= 15 is 0 Å². The number of hydrogen-bond acceptors (Lipinski definition) is 4. The number of rotatable bonds is 7. The summed E-state index contributed by atoms with van der Waals surface area (Å²) in [6.07, 6.45) is 1.65. The lowest BCUT2D eigenvalue weighted by Gasteiger charge is -2.22. The van der Waals surface area contributed by atoms with Crippen LogP contribution in [0.15, 0.2) is 59.6 Å². The molecular formula is C22H18BrN3O3. The van der Waals surface area contributed by atoms with Gasteiger partial charge in [0.05, 0.1) is 22.8 Å². The molecule has 3 rings (SSSR count). The number of halogens is 1. The first-order valence-corrected chi connectivity index (χ1v) is 9.77. The standard InChI is InChI=1S/C22H18BrN3O3/c1-2-10-25(14-16-5-3-15(13-24)4-6-16)20(27)9-11-26-21(28)18-8-7-17(23)12-19(18)22(26)29/h2-8,12H,1,9-11,14H2. The maximum Gasteiger partial charge on any atom is 0.261 e. The number of benzene rings is 2. The summed E-state index contributed by atoms with van der Waals surface area (Å²) in [5, 5.41) is 8.89. The lowest BCUT2D eigenvalue weighted by atomic mass is 10.1. The van der Waals surface area contributed by atoms with Crippen LogP contribution in [-0.2, 0) is 11.3 Å². The highest BCUT2D eigenvalue weighted by Gasteiger charge is 2.35. The lowest BCUT2D eigenvalue weighted by Crippen LogP contribution is -2.36. The zero-order chi connectivity index (χ0) is 21.0. The molecule has 146 valence electrons. The van der Waals surface area contributed by atoms with Crippen LogP contribution in [0.3, 0.4) is 0 Å². The Morgan fingerprint density at radius 1 is 1.14 bits per heavy atom. The van der Waals surface area contributed by atoms with E-state index in [1.807, 2.05) is 0 Å². The molecular weight excluding hydrogens is 434 g/mol. The Morgan fingerprint density at radius 3 is 2.48 bits per heavy atom. The fraction of sp³-hybridized carbons (Fsp3) is 0.182. The lowest BCUT2D eigenvalue weighted by molar-refractivity contribution is -0.131. The van der Waals surface area contributed by atoms with Crippen molar-refractivity contribution in [2.75, 3.05) is 13.1 Å². The second kappa shape index (κ2) is 8.84. The van der Waals surface area contributed by atoms with Crippen LogP contribution in [0.4, 0.5) is 0 Å². The Morgan fingerprint density at radius 2 is 1.83 bits per heavy atom. The summed E-state index contributed by atoms with van der Waals surface area (Å²) in [5.41, 5.74) is 2.13. The molecule has 0 aliphatic carbocycles. The molecule has 1 aliphatic heterocycles. The highest BCUT2D eigenvalue weighted by atomic mass is 79.9. The molecule has 1 aliphatic rings. The van der Waals surface area contributed by atoms with Crippen molar-refractivity contribution in [1.29, 1.82) is 5.26 Å². The molecule has 29 heavy (non-hydrogen) atoms. The molecule has 0 aromatic heterocycles. The zero-order valence-electron chi connectivity index (χ0n) is 15.6. The van der Waals surface area contributed by atoms with E-state index in [1.54, 1.807) is 53.4 Å². The van der Waals surface area contributed by atoms with Crippen molar-refractivity contribution in [2.45, 2.75) is 13.0 Å². The van der Waals surface area contributed by atoms with Crippen LogP contribution in [-0.4, -0.2) is 40.6 Å². The third kappa shape index (κ3) is 4.44. The highest BCUT2D eigenvalue weighted by molar-refractivity contribution is 9.10. The molecule has 6 nitrogen and oxygen atoms in total. The molecule has 0 radical (unpaired) electrons. The molecule has 0 bridgehead atoms. The molecule has 0 atom stereocenters. The first-order valence-electron chi connectivity index (χ1n) is 8.98. The van der Waals surface area contributed by atoms with E-state index in [9.17, 15) is 14.4 Å². The largest absolute Gasteiger partial charge is 0.335 e. The quantitative estimate of drug-likeness (QED) is 0.476. The predicted molar refractivity (Wildman–Crippen MR) is 111 cm³/mol. The Labute approximate surface area is 177 Å². The summed E-state index contributed by atoms with van der Waals surface area (Å²) in [6.45, 7) is 4.40. The molecule has 0 fully saturated rings. The van der Waals surface area contributed by atoms with Gasteiger partial charge in [0.1, 0.15) is 0 Å². The topological polar surface area (TPSA) is 81.5 Å². The van der Waals surface area contributed by atoms with Crippen LogP contribution in [0, 0.1) is 11.3 Å². The maximum atomic E-state index is 12.7. The molecule has 3 amide bonds. The zero-order valence-corrected chi connectivity index (χ0v) is 17.2. The van der Waals surface area contributed by atoms with Crippen LogP contribution in [0.2, 0.25) is 0 Å². The van der Waals surface area contributed by atoms with Crippen molar-refractivity contribution in [3.05, 3.63) is 81.8 Å². The van der Waals surface area contributed by atoms with Crippen LogP contribution in [0.5, 0.6) is 0 Å². The van der Waals surface area contributed by atoms with Crippen LogP contribution in [0.25, 0.3) is 0 Å². The van der Waals surface area contributed by atoms with E-state index in [2.05, 4.69) is 28.6 Å². The van der Waals surface area contributed by atoms with Gasteiger partial charge in [0.15, 0.2) is 0 Å². The molecule has 2 aromatic rings. The van der Waals surface area contributed by atoms with E-state index in [0.717, 1.165) is 14.9 Å². The van der Waals surface area contributed by atoms with Crippen LogP contribution < -0.4 is 0 Å². The van der Waals surface area contributed by atoms with Gasteiger partial charge >= 0.3 is 0 Å². The Kier molecular flexibility index (Phi) is 6.25. The molecule has 0 saturated heterocycles. The van der Waals surface area contributed by atoms with Crippen LogP contribution >= 0.6 is 15.9 Å². The second-order valence-electron chi connectivity index (χ2n) is 6.57. The van der Waals surface area contributed by atoms with E-state index in [0.29, 0.717) is 29.8 Å². The Balaban J connectivity index is 1.66. The average molecular weight is 452 g/mol. The number of fused-ring (bicyclic) bond motifs is 1. The minimum atomic E-state index is -0.388. The Bertz CT molecular complexity index is 1020. The average Bonchev–Trinajstić information content (AvgIpc) is 2.96. The van der Waals surface area contributed by atoms with Gasteiger partial charge in [-0.1, -0.05) is 34.1 Å². The van der Waals surface area contributed by atoms with E-state index in [1.165, 1.54) is 0 Å². The molecule has 7 heteroatoms. The molecule has 0 saturated carbocycles. The first-order chi connectivity index (χ1) is 13.9. The van der Waals surface area contributed by atoms with Crippen molar-refractivity contribution in [3.63, 3.8) is 0 Å². The maximum absolute atomic E-state index is 12.7. The van der Waals surface area contributed by atoms with E-state index in [4.69, 9.17) is 5.26 Å². The number of amides is 3. The summed E-state index contributed by atoms with van der Waals surface area (Å²) in [6, 6.07) is 14.0. The van der Waals surface area contributed by atoms with Gasteiger partial charge in [0, 0.05) is 30.5 Å².